The zero-order valence-electron chi connectivity index (χ0n) is 10.2. The van der Waals surface area contributed by atoms with E-state index in [2.05, 4.69) is 4.99 Å². The van der Waals surface area contributed by atoms with Crippen molar-refractivity contribution < 1.29 is 24.2 Å². The number of methoxy groups -OCH3 is 1. The summed E-state index contributed by atoms with van der Waals surface area (Å²) in [5, 5.41) is 11.7. The highest BCUT2D eigenvalue weighted by atomic mass is 16.6. The molecular weight excluding hydrogens is 238 g/mol. The largest absolute Gasteiger partial charge is 0.861 e. The second-order valence-electron chi connectivity index (χ2n) is 5.18. The standard InChI is InChI=1S/C12H15NO5/c1-4(14)18-10-6-3-5(9(10)17-2)7-8(6)12(16)13-11(7)15/h5-10H,3H2,1-2H3,(H,13,15,16)/p-1. The van der Waals surface area contributed by atoms with E-state index >= 15 is 0 Å². The van der Waals surface area contributed by atoms with E-state index in [0.717, 1.165) is 0 Å². The molecule has 0 spiro atoms. The number of fused-ring (bicyclic) bond motifs is 5. The summed E-state index contributed by atoms with van der Waals surface area (Å²) in [6, 6.07) is 0. The number of rotatable bonds is 2. The molecule has 18 heavy (non-hydrogen) atoms. The molecule has 0 aromatic rings. The van der Waals surface area contributed by atoms with Crippen LogP contribution >= 0.6 is 0 Å². The molecular formula is C12H14NO5-. The summed E-state index contributed by atoms with van der Waals surface area (Å²) in [6.07, 6.45) is -0.0345. The first kappa shape index (κ1) is 11.6. The molecule has 1 heterocycles. The summed E-state index contributed by atoms with van der Waals surface area (Å²) in [5.74, 6) is -2.03. The fourth-order valence-electron chi connectivity index (χ4n) is 3.89. The molecule has 0 aromatic carbocycles. The normalized spacial score (nSPS) is 45.0. The van der Waals surface area contributed by atoms with Crippen LogP contribution in [0.2, 0.25) is 0 Å². The molecule has 0 aromatic heterocycles. The van der Waals surface area contributed by atoms with Crippen LogP contribution in [0.5, 0.6) is 0 Å². The Morgan fingerprint density at radius 3 is 2.61 bits per heavy atom. The molecule has 3 aliphatic rings. The van der Waals surface area contributed by atoms with Gasteiger partial charge in [-0.3, -0.25) is 9.59 Å². The van der Waals surface area contributed by atoms with Crippen molar-refractivity contribution in [3.8, 4) is 0 Å². The minimum Gasteiger partial charge on any atom is -0.861 e. The monoisotopic (exact) mass is 252 g/mol. The Morgan fingerprint density at radius 2 is 2.00 bits per heavy atom. The highest BCUT2D eigenvalue weighted by Gasteiger charge is 2.63. The summed E-state index contributed by atoms with van der Waals surface area (Å²) in [5.41, 5.74) is 0. The topological polar surface area (TPSA) is 88.0 Å². The highest BCUT2D eigenvalue weighted by Crippen LogP contribution is 2.56. The Bertz CT molecular complexity index is 446. The second-order valence-corrected chi connectivity index (χ2v) is 5.18. The Kier molecular flexibility index (Phi) is 2.45. The van der Waals surface area contributed by atoms with E-state index in [1.54, 1.807) is 0 Å². The molecule has 6 unspecified atom stereocenters. The molecule has 1 amide bonds. The Morgan fingerprint density at radius 1 is 1.33 bits per heavy atom. The molecule has 6 heteroatoms. The van der Waals surface area contributed by atoms with E-state index in [9.17, 15) is 14.7 Å². The van der Waals surface area contributed by atoms with Crippen LogP contribution in [-0.4, -0.2) is 37.1 Å². The fraction of sp³-hybridized carbons (Fsp3) is 0.750. The quantitative estimate of drug-likeness (QED) is 0.595. The number of carbonyl (C=O) groups is 2. The number of nitrogens with zero attached hydrogens (tertiary/aromatic N) is 1. The van der Waals surface area contributed by atoms with Crippen molar-refractivity contribution in [2.24, 2.45) is 28.7 Å². The van der Waals surface area contributed by atoms with Gasteiger partial charge in [0.05, 0.1) is 12.0 Å². The van der Waals surface area contributed by atoms with Gasteiger partial charge in [0.25, 0.3) is 0 Å². The predicted octanol–water partition coefficient (Wildman–Crippen LogP) is -0.886. The van der Waals surface area contributed by atoms with Crippen LogP contribution in [0.25, 0.3) is 0 Å². The Hall–Kier alpha value is -1.43. The molecule has 98 valence electrons. The van der Waals surface area contributed by atoms with Crippen LogP contribution in [0.1, 0.15) is 13.3 Å². The Labute approximate surface area is 104 Å². The average molecular weight is 252 g/mol. The first-order valence-corrected chi connectivity index (χ1v) is 6.04. The van der Waals surface area contributed by atoms with Crippen molar-refractivity contribution in [3.63, 3.8) is 0 Å². The average Bonchev–Trinajstić information content (AvgIpc) is 2.90. The smallest absolute Gasteiger partial charge is 0.303 e. The lowest BCUT2D eigenvalue weighted by Gasteiger charge is -2.37. The summed E-state index contributed by atoms with van der Waals surface area (Å²) in [6.45, 7) is 1.34. The second kappa shape index (κ2) is 3.78. The SMILES string of the molecule is COC1C2CC(C1OC(C)=O)C1C(=O)N=C([O-])C21. The Balaban J connectivity index is 1.91. The van der Waals surface area contributed by atoms with Crippen LogP contribution in [0.15, 0.2) is 4.99 Å². The zero-order chi connectivity index (χ0) is 13.0. The van der Waals surface area contributed by atoms with Gasteiger partial charge in [0, 0.05) is 25.9 Å². The van der Waals surface area contributed by atoms with E-state index in [1.165, 1.54) is 14.0 Å². The van der Waals surface area contributed by atoms with Gasteiger partial charge >= 0.3 is 5.97 Å². The zero-order valence-corrected chi connectivity index (χ0v) is 10.2. The lowest BCUT2D eigenvalue weighted by atomic mass is 9.77. The van der Waals surface area contributed by atoms with Crippen molar-refractivity contribution in [1.29, 1.82) is 0 Å². The first-order chi connectivity index (χ1) is 8.54. The minimum atomic E-state index is -0.427. The van der Waals surface area contributed by atoms with E-state index in [1.807, 2.05) is 0 Å². The van der Waals surface area contributed by atoms with Crippen LogP contribution in [0.3, 0.4) is 0 Å². The van der Waals surface area contributed by atoms with E-state index in [0.29, 0.717) is 6.42 Å². The maximum atomic E-state index is 11.7. The third kappa shape index (κ3) is 1.35. The van der Waals surface area contributed by atoms with Gasteiger partial charge in [0.1, 0.15) is 6.10 Å². The van der Waals surface area contributed by atoms with Gasteiger partial charge < -0.3 is 14.6 Å². The van der Waals surface area contributed by atoms with Crippen molar-refractivity contribution in [1.82, 2.24) is 0 Å². The molecule has 6 atom stereocenters. The highest BCUT2D eigenvalue weighted by molar-refractivity contribution is 6.01. The number of amides is 1. The summed E-state index contributed by atoms with van der Waals surface area (Å²) < 4.78 is 10.6. The number of aliphatic imine (C=N–C) groups is 1. The fourth-order valence-corrected chi connectivity index (χ4v) is 3.89. The van der Waals surface area contributed by atoms with Gasteiger partial charge in [-0.2, -0.15) is 0 Å². The van der Waals surface area contributed by atoms with Crippen molar-refractivity contribution >= 4 is 17.8 Å². The number of hydrogen-bond donors (Lipinski definition) is 0. The van der Waals surface area contributed by atoms with Gasteiger partial charge in [-0.1, -0.05) is 0 Å². The van der Waals surface area contributed by atoms with Crippen molar-refractivity contribution in [2.45, 2.75) is 25.6 Å². The molecule has 3 rings (SSSR count). The maximum Gasteiger partial charge on any atom is 0.303 e. The van der Waals surface area contributed by atoms with E-state index in [-0.39, 0.29) is 41.6 Å². The van der Waals surface area contributed by atoms with Gasteiger partial charge in [0.15, 0.2) is 0 Å². The third-order valence-corrected chi connectivity index (χ3v) is 4.39. The maximum absolute atomic E-state index is 11.7. The summed E-state index contributed by atoms with van der Waals surface area (Å²) >= 11 is 0. The molecule has 0 N–H and O–H groups in total. The summed E-state index contributed by atoms with van der Waals surface area (Å²) in [4.78, 5) is 26.4. The number of esters is 1. The molecule has 6 nitrogen and oxygen atoms in total. The van der Waals surface area contributed by atoms with Crippen LogP contribution in [-0.2, 0) is 19.1 Å². The molecule has 2 aliphatic carbocycles. The number of hydrogen-bond acceptors (Lipinski definition) is 5. The number of ether oxygens (including phenoxy) is 2. The molecule has 1 aliphatic heterocycles. The van der Waals surface area contributed by atoms with Crippen LogP contribution < -0.4 is 5.11 Å². The third-order valence-electron chi connectivity index (χ3n) is 4.39. The van der Waals surface area contributed by atoms with Gasteiger partial charge in [-0.05, 0) is 18.2 Å². The number of carbonyl (C=O) groups excluding carboxylic acids is 2. The molecule has 0 saturated heterocycles. The molecule has 2 fully saturated rings. The first-order valence-electron chi connectivity index (χ1n) is 6.04. The van der Waals surface area contributed by atoms with Crippen molar-refractivity contribution in [3.05, 3.63) is 0 Å². The van der Waals surface area contributed by atoms with Crippen molar-refractivity contribution in [2.75, 3.05) is 7.11 Å². The summed E-state index contributed by atoms with van der Waals surface area (Å²) in [7, 11) is 1.54. The molecule has 0 radical (unpaired) electrons. The molecule has 2 bridgehead atoms. The van der Waals surface area contributed by atoms with Gasteiger partial charge in [-0.15, -0.1) is 0 Å². The van der Waals surface area contributed by atoms with Crippen LogP contribution in [0.4, 0.5) is 0 Å². The van der Waals surface area contributed by atoms with Crippen LogP contribution in [0, 0.1) is 23.7 Å². The van der Waals surface area contributed by atoms with E-state index < -0.39 is 12.0 Å². The molecule has 2 saturated carbocycles. The lowest BCUT2D eigenvalue weighted by Crippen LogP contribution is -2.48. The van der Waals surface area contributed by atoms with E-state index in [4.69, 9.17) is 9.47 Å². The predicted molar refractivity (Wildman–Crippen MR) is 57.4 cm³/mol. The lowest BCUT2D eigenvalue weighted by molar-refractivity contribution is -0.227. The van der Waals surface area contributed by atoms with Gasteiger partial charge in [-0.25, -0.2) is 4.99 Å². The van der Waals surface area contributed by atoms with Gasteiger partial charge in [0.2, 0.25) is 5.91 Å². The minimum absolute atomic E-state index is 0.0583.